The van der Waals surface area contributed by atoms with Gasteiger partial charge < -0.3 is 19.9 Å². The van der Waals surface area contributed by atoms with Gasteiger partial charge in [0.1, 0.15) is 5.75 Å². The number of amides is 1. The summed E-state index contributed by atoms with van der Waals surface area (Å²) in [5, 5.41) is 11.2. The van der Waals surface area contributed by atoms with Gasteiger partial charge in [-0.05, 0) is 36.4 Å². The summed E-state index contributed by atoms with van der Waals surface area (Å²) in [6.07, 6.45) is 0. The Bertz CT molecular complexity index is 954. The molecule has 1 N–H and O–H groups in total. The highest BCUT2D eigenvalue weighted by atomic mass is 16.5. The average molecular weight is 389 g/mol. The standard InChI is InChI=1S/C22H23N5O2/c1-29-19-10-6-5-9-18(19)26-13-15-27(16-14-26)21-12-11-20(24-25-21)23-22(28)17-7-3-2-4-8-17/h2-12H,13-16H2,1H3,(H,23,24,28). The van der Waals surface area contributed by atoms with E-state index in [1.54, 1.807) is 25.3 Å². The summed E-state index contributed by atoms with van der Waals surface area (Å²) >= 11 is 0. The summed E-state index contributed by atoms with van der Waals surface area (Å²) in [6.45, 7) is 3.41. The molecule has 2 heterocycles. The van der Waals surface area contributed by atoms with Crippen molar-refractivity contribution in [1.29, 1.82) is 0 Å². The van der Waals surface area contributed by atoms with Gasteiger partial charge in [-0.3, -0.25) is 4.79 Å². The molecular weight excluding hydrogens is 366 g/mol. The van der Waals surface area contributed by atoms with Crippen molar-refractivity contribution in [3.63, 3.8) is 0 Å². The molecule has 0 saturated carbocycles. The van der Waals surface area contributed by atoms with Crippen molar-refractivity contribution in [2.24, 2.45) is 0 Å². The number of aromatic nitrogens is 2. The van der Waals surface area contributed by atoms with Gasteiger partial charge >= 0.3 is 0 Å². The van der Waals surface area contributed by atoms with Gasteiger partial charge in [-0.2, -0.15) is 0 Å². The third kappa shape index (κ3) is 4.29. The minimum Gasteiger partial charge on any atom is -0.495 e. The van der Waals surface area contributed by atoms with Gasteiger partial charge in [0.05, 0.1) is 12.8 Å². The van der Waals surface area contributed by atoms with E-state index >= 15 is 0 Å². The van der Waals surface area contributed by atoms with Gasteiger partial charge in [0.15, 0.2) is 11.6 Å². The summed E-state index contributed by atoms with van der Waals surface area (Å²) in [6, 6.07) is 20.8. The molecule has 1 aliphatic heterocycles. The van der Waals surface area contributed by atoms with Crippen LogP contribution in [0.15, 0.2) is 66.7 Å². The quantitative estimate of drug-likeness (QED) is 0.723. The van der Waals surface area contributed by atoms with E-state index in [-0.39, 0.29) is 5.91 Å². The molecule has 0 unspecified atom stereocenters. The topological polar surface area (TPSA) is 70.6 Å². The summed E-state index contributed by atoms with van der Waals surface area (Å²) in [7, 11) is 1.70. The van der Waals surface area contributed by atoms with Crippen LogP contribution in [-0.2, 0) is 0 Å². The van der Waals surface area contributed by atoms with Crippen LogP contribution < -0.4 is 19.9 Å². The van der Waals surface area contributed by atoms with Crippen LogP contribution in [0.2, 0.25) is 0 Å². The number of nitrogens with zero attached hydrogens (tertiary/aromatic N) is 4. The SMILES string of the molecule is COc1ccccc1N1CCN(c2ccc(NC(=O)c3ccccc3)nn2)CC1. The molecule has 0 atom stereocenters. The van der Waals surface area contributed by atoms with Crippen molar-refractivity contribution in [3.05, 3.63) is 72.3 Å². The molecule has 3 aromatic rings. The van der Waals surface area contributed by atoms with Crippen molar-refractivity contribution < 1.29 is 9.53 Å². The highest BCUT2D eigenvalue weighted by Gasteiger charge is 2.20. The number of ether oxygens (including phenoxy) is 1. The first-order valence-corrected chi connectivity index (χ1v) is 9.57. The van der Waals surface area contributed by atoms with E-state index in [0.29, 0.717) is 11.4 Å². The van der Waals surface area contributed by atoms with Crippen LogP contribution in [0.5, 0.6) is 5.75 Å². The molecule has 0 aliphatic carbocycles. The van der Waals surface area contributed by atoms with Crippen molar-refractivity contribution in [3.8, 4) is 5.75 Å². The van der Waals surface area contributed by atoms with Gasteiger partial charge in [0.2, 0.25) is 0 Å². The summed E-state index contributed by atoms with van der Waals surface area (Å²) in [4.78, 5) is 16.7. The van der Waals surface area contributed by atoms with Crippen molar-refractivity contribution >= 4 is 23.2 Å². The van der Waals surface area contributed by atoms with Crippen LogP contribution in [-0.4, -0.2) is 49.4 Å². The van der Waals surface area contributed by atoms with Gasteiger partial charge in [-0.25, -0.2) is 0 Å². The number of methoxy groups -OCH3 is 1. The normalized spacial score (nSPS) is 13.8. The molecule has 148 valence electrons. The Kier molecular flexibility index (Phi) is 5.56. The number of rotatable bonds is 5. The summed E-state index contributed by atoms with van der Waals surface area (Å²) in [5.74, 6) is 1.94. The minimum atomic E-state index is -0.196. The zero-order valence-corrected chi connectivity index (χ0v) is 16.3. The maximum atomic E-state index is 12.2. The molecule has 7 heteroatoms. The van der Waals surface area contributed by atoms with E-state index in [2.05, 4.69) is 31.4 Å². The zero-order valence-electron chi connectivity index (χ0n) is 16.3. The summed E-state index contributed by atoms with van der Waals surface area (Å²) in [5.41, 5.74) is 1.70. The Morgan fingerprint density at radius 3 is 2.24 bits per heavy atom. The van der Waals surface area contributed by atoms with Gasteiger partial charge in [0.25, 0.3) is 5.91 Å². The van der Waals surface area contributed by atoms with Crippen LogP contribution in [0, 0.1) is 0 Å². The van der Waals surface area contributed by atoms with Crippen molar-refractivity contribution in [2.45, 2.75) is 0 Å². The molecule has 29 heavy (non-hydrogen) atoms. The number of hydrogen-bond acceptors (Lipinski definition) is 6. The second-order valence-electron chi connectivity index (χ2n) is 6.74. The number of para-hydroxylation sites is 2. The fraction of sp³-hybridized carbons (Fsp3) is 0.227. The van der Waals surface area contributed by atoms with E-state index in [9.17, 15) is 4.79 Å². The van der Waals surface area contributed by atoms with Crippen LogP contribution in [0.3, 0.4) is 0 Å². The molecular formula is C22H23N5O2. The lowest BCUT2D eigenvalue weighted by molar-refractivity contribution is 0.102. The second kappa shape index (κ2) is 8.60. The Labute approximate surface area is 169 Å². The van der Waals surface area contributed by atoms with Gasteiger partial charge in [-0.1, -0.05) is 30.3 Å². The first-order valence-electron chi connectivity index (χ1n) is 9.57. The van der Waals surface area contributed by atoms with Crippen molar-refractivity contribution in [1.82, 2.24) is 10.2 Å². The zero-order chi connectivity index (χ0) is 20.1. The molecule has 4 rings (SSSR count). The predicted molar refractivity (Wildman–Crippen MR) is 114 cm³/mol. The molecule has 7 nitrogen and oxygen atoms in total. The van der Waals surface area contributed by atoms with E-state index in [4.69, 9.17) is 4.74 Å². The number of anilines is 3. The first-order chi connectivity index (χ1) is 14.2. The fourth-order valence-corrected chi connectivity index (χ4v) is 3.41. The third-order valence-corrected chi connectivity index (χ3v) is 4.96. The van der Waals surface area contributed by atoms with Crippen LogP contribution in [0.25, 0.3) is 0 Å². The highest BCUT2D eigenvalue weighted by Crippen LogP contribution is 2.29. The van der Waals surface area contributed by atoms with Gasteiger partial charge in [-0.15, -0.1) is 10.2 Å². The molecule has 2 aromatic carbocycles. The second-order valence-corrected chi connectivity index (χ2v) is 6.74. The number of carbonyl (C=O) groups excluding carboxylic acids is 1. The Morgan fingerprint density at radius 1 is 0.862 bits per heavy atom. The Balaban J connectivity index is 1.36. The van der Waals surface area contributed by atoms with Crippen molar-refractivity contribution in [2.75, 3.05) is 48.4 Å². The van der Waals surface area contributed by atoms with Gasteiger partial charge in [0, 0.05) is 31.7 Å². The molecule has 0 bridgehead atoms. The lowest BCUT2D eigenvalue weighted by atomic mass is 10.2. The molecule has 1 aromatic heterocycles. The number of hydrogen-bond donors (Lipinski definition) is 1. The highest BCUT2D eigenvalue weighted by molar-refractivity contribution is 6.03. The maximum absolute atomic E-state index is 12.2. The lowest BCUT2D eigenvalue weighted by Gasteiger charge is -2.37. The number of piperazine rings is 1. The minimum absolute atomic E-state index is 0.196. The average Bonchev–Trinajstić information content (AvgIpc) is 2.80. The van der Waals surface area contributed by atoms with Crippen LogP contribution in [0.1, 0.15) is 10.4 Å². The molecule has 1 saturated heterocycles. The number of carbonyl (C=O) groups is 1. The maximum Gasteiger partial charge on any atom is 0.256 e. The first kappa shape index (κ1) is 18.7. The number of benzene rings is 2. The Morgan fingerprint density at radius 2 is 1.55 bits per heavy atom. The third-order valence-electron chi connectivity index (χ3n) is 4.96. The number of nitrogens with one attached hydrogen (secondary N) is 1. The molecule has 0 spiro atoms. The van der Waals surface area contributed by atoms with E-state index < -0.39 is 0 Å². The molecule has 0 radical (unpaired) electrons. The fourth-order valence-electron chi connectivity index (χ4n) is 3.41. The summed E-state index contributed by atoms with van der Waals surface area (Å²) < 4.78 is 5.47. The predicted octanol–water partition coefficient (Wildman–Crippen LogP) is 3.06. The largest absolute Gasteiger partial charge is 0.495 e. The van der Waals surface area contributed by atoms with E-state index in [1.165, 1.54) is 0 Å². The molecule has 1 aliphatic rings. The lowest BCUT2D eigenvalue weighted by Crippen LogP contribution is -2.47. The van der Waals surface area contributed by atoms with Crippen LogP contribution in [0.4, 0.5) is 17.3 Å². The molecule has 1 amide bonds. The molecule has 1 fully saturated rings. The van der Waals surface area contributed by atoms with E-state index in [0.717, 1.165) is 43.4 Å². The Hall–Kier alpha value is -3.61. The van der Waals surface area contributed by atoms with E-state index in [1.807, 2.05) is 42.5 Å². The smallest absolute Gasteiger partial charge is 0.256 e. The monoisotopic (exact) mass is 389 g/mol. The van der Waals surface area contributed by atoms with Crippen LogP contribution >= 0.6 is 0 Å².